The third-order valence-electron chi connectivity index (χ3n) is 3.93. The van der Waals surface area contributed by atoms with E-state index in [1.54, 1.807) is 0 Å². The number of hydrogen-bond donors (Lipinski definition) is 0. The van der Waals surface area contributed by atoms with Gasteiger partial charge in [-0.3, -0.25) is 0 Å². The van der Waals surface area contributed by atoms with Crippen LogP contribution in [0.2, 0.25) is 0 Å². The van der Waals surface area contributed by atoms with Crippen LogP contribution in [-0.4, -0.2) is 12.2 Å². The van der Waals surface area contributed by atoms with E-state index in [1.807, 2.05) is 0 Å². The Morgan fingerprint density at radius 1 is 1.06 bits per heavy atom. The maximum Gasteiger partial charge on any atom is 0.0620 e. The van der Waals surface area contributed by atoms with Crippen LogP contribution in [0.3, 0.4) is 0 Å². The van der Waals surface area contributed by atoms with Gasteiger partial charge < -0.3 is 4.74 Å². The van der Waals surface area contributed by atoms with Gasteiger partial charge in [0.05, 0.1) is 12.2 Å². The molecule has 0 radical (unpaired) electrons. The normalized spacial score (nSPS) is 24.4. The Bertz CT molecular complexity index is 372. The third kappa shape index (κ3) is 3.35. The van der Waals surface area contributed by atoms with Crippen molar-refractivity contribution in [2.45, 2.75) is 71.0 Å². The highest BCUT2D eigenvalue weighted by molar-refractivity contribution is 5.27. The molecular formula is C17H26O. The lowest BCUT2D eigenvalue weighted by molar-refractivity contribution is 0.0438. The van der Waals surface area contributed by atoms with Crippen LogP contribution in [0.15, 0.2) is 24.3 Å². The van der Waals surface area contributed by atoms with Crippen LogP contribution < -0.4 is 0 Å². The lowest BCUT2D eigenvalue weighted by atomic mass is 9.86. The predicted molar refractivity (Wildman–Crippen MR) is 77.0 cm³/mol. The highest BCUT2D eigenvalue weighted by atomic mass is 16.5. The van der Waals surface area contributed by atoms with Crippen molar-refractivity contribution in [3.8, 4) is 0 Å². The average Bonchev–Trinajstić information content (AvgIpc) is 2.76. The quantitative estimate of drug-likeness (QED) is 0.764. The van der Waals surface area contributed by atoms with Crippen molar-refractivity contribution < 1.29 is 4.74 Å². The van der Waals surface area contributed by atoms with Crippen LogP contribution in [0, 0.1) is 0 Å². The van der Waals surface area contributed by atoms with Crippen molar-refractivity contribution in [2.24, 2.45) is 0 Å². The molecule has 1 saturated heterocycles. The molecule has 1 aromatic carbocycles. The zero-order valence-electron chi connectivity index (χ0n) is 12.2. The van der Waals surface area contributed by atoms with E-state index < -0.39 is 0 Å². The first-order valence-electron chi connectivity index (χ1n) is 7.24. The summed E-state index contributed by atoms with van der Waals surface area (Å²) in [6.45, 7) is 8.99. The zero-order valence-corrected chi connectivity index (χ0v) is 12.2. The van der Waals surface area contributed by atoms with Crippen molar-refractivity contribution in [3.63, 3.8) is 0 Å². The Hall–Kier alpha value is -0.820. The van der Waals surface area contributed by atoms with Crippen LogP contribution in [0.5, 0.6) is 0 Å². The second kappa shape index (κ2) is 5.44. The summed E-state index contributed by atoms with van der Waals surface area (Å²) in [6, 6.07) is 9.07. The van der Waals surface area contributed by atoms with Crippen molar-refractivity contribution in [3.05, 3.63) is 35.4 Å². The predicted octanol–water partition coefficient (Wildman–Crippen LogP) is 4.48. The smallest absolute Gasteiger partial charge is 0.0620 e. The van der Waals surface area contributed by atoms with Gasteiger partial charge in [-0.15, -0.1) is 0 Å². The standard InChI is InChI=1S/C17H26O/c1-5-15-10-11-16(18-15)12-13-6-8-14(9-7-13)17(2,3)4/h6-9,15-16H,5,10-12H2,1-4H3/t15-,16+/m1/s1. The minimum Gasteiger partial charge on any atom is -0.375 e. The van der Waals surface area contributed by atoms with Crippen LogP contribution in [0.4, 0.5) is 0 Å². The Morgan fingerprint density at radius 2 is 1.67 bits per heavy atom. The molecule has 1 heteroatoms. The molecule has 1 aliphatic heterocycles. The minimum atomic E-state index is 0.246. The Balaban J connectivity index is 1.95. The lowest BCUT2D eigenvalue weighted by Gasteiger charge is -2.19. The molecule has 0 aliphatic carbocycles. The lowest BCUT2D eigenvalue weighted by Crippen LogP contribution is -2.14. The second-order valence-corrected chi connectivity index (χ2v) is 6.52. The fourth-order valence-electron chi connectivity index (χ4n) is 2.63. The van der Waals surface area contributed by atoms with Gasteiger partial charge in [0, 0.05) is 0 Å². The van der Waals surface area contributed by atoms with E-state index in [1.165, 1.54) is 24.0 Å². The highest BCUT2D eigenvalue weighted by Crippen LogP contribution is 2.26. The maximum absolute atomic E-state index is 6.01. The number of benzene rings is 1. The summed E-state index contributed by atoms with van der Waals surface area (Å²) in [5.74, 6) is 0. The van der Waals surface area contributed by atoms with E-state index in [0.29, 0.717) is 12.2 Å². The van der Waals surface area contributed by atoms with Crippen molar-refractivity contribution in [1.82, 2.24) is 0 Å². The van der Waals surface area contributed by atoms with Crippen molar-refractivity contribution >= 4 is 0 Å². The van der Waals surface area contributed by atoms with Crippen LogP contribution in [-0.2, 0) is 16.6 Å². The molecule has 1 aliphatic rings. The molecular weight excluding hydrogens is 220 g/mol. The van der Waals surface area contributed by atoms with E-state index >= 15 is 0 Å². The molecule has 2 atom stereocenters. The summed E-state index contributed by atoms with van der Waals surface area (Å²) in [5, 5.41) is 0. The van der Waals surface area contributed by atoms with Crippen molar-refractivity contribution in [2.75, 3.05) is 0 Å². The van der Waals surface area contributed by atoms with Gasteiger partial charge in [0.2, 0.25) is 0 Å². The second-order valence-electron chi connectivity index (χ2n) is 6.52. The third-order valence-corrected chi connectivity index (χ3v) is 3.93. The van der Waals surface area contributed by atoms with E-state index in [2.05, 4.69) is 52.0 Å². The highest BCUT2D eigenvalue weighted by Gasteiger charge is 2.23. The van der Waals surface area contributed by atoms with Gasteiger partial charge >= 0.3 is 0 Å². The molecule has 1 heterocycles. The fourth-order valence-corrected chi connectivity index (χ4v) is 2.63. The average molecular weight is 246 g/mol. The van der Waals surface area contributed by atoms with Gasteiger partial charge in [0.1, 0.15) is 0 Å². The molecule has 1 nitrogen and oxygen atoms in total. The number of ether oxygens (including phenoxy) is 1. The van der Waals surface area contributed by atoms with Crippen LogP contribution >= 0.6 is 0 Å². The number of hydrogen-bond acceptors (Lipinski definition) is 1. The van der Waals surface area contributed by atoms with Gasteiger partial charge in [-0.05, 0) is 42.2 Å². The summed E-state index contributed by atoms with van der Waals surface area (Å²) in [5.41, 5.74) is 3.06. The van der Waals surface area contributed by atoms with Gasteiger partial charge in [-0.25, -0.2) is 0 Å². The van der Waals surface area contributed by atoms with E-state index in [9.17, 15) is 0 Å². The summed E-state index contributed by atoms with van der Waals surface area (Å²) >= 11 is 0. The Morgan fingerprint density at radius 3 is 2.17 bits per heavy atom. The van der Waals surface area contributed by atoms with Gasteiger partial charge in [-0.1, -0.05) is 52.0 Å². The molecule has 1 aromatic rings. The van der Waals surface area contributed by atoms with E-state index in [0.717, 1.165) is 12.8 Å². The zero-order chi connectivity index (χ0) is 13.2. The van der Waals surface area contributed by atoms with Crippen LogP contribution in [0.25, 0.3) is 0 Å². The molecule has 0 unspecified atom stereocenters. The first-order valence-corrected chi connectivity index (χ1v) is 7.24. The topological polar surface area (TPSA) is 9.23 Å². The maximum atomic E-state index is 6.01. The monoisotopic (exact) mass is 246 g/mol. The molecule has 100 valence electrons. The molecule has 0 aromatic heterocycles. The Kier molecular flexibility index (Phi) is 4.11. The molecule has 0 spiro atoms. The molecule has 18 heavy (non-hydrogen) atoms. The van der Waals surface area contributed by atoms with Gasteiger partial charge in [0.15, 0.2) is 0 Å². The summed E-state index contributed by atoms with van der Waals surface area (Å²) in [6.07, 6.45) is 5.63. The molecule has 0 saturated carbocycles. The van der Waals surface area contributed by atoms with Crippen LogP contribution in [0.1, 0.15) is 58.1 Å². The van der Waals surface area contributed by atoms with E-state index in [4.69, 9.17) is 4.74 Å². The first-order chi connectivity index (χ1) is 8.49. The van der Waals surface area contributed by atoms with Gasteiger partial charge in [0.25, 0.3) is 0 Å². The number of rotatable bonds is 3. The minimum absolute atomic E-state index is 0.246. The van der Waals surface area contributed by atoms with Gasteiger partial charge in [-0.2, -0.15) is 0 Å². The molecule has 0 amide bonds. The summed E-state index contributed by atoms with van der Waals surface area (Å²) < 4.78 is 6.01. The Labute approximate surface area is 112 Å². The SMILES string of the molecule is CC[C@@H]1CC[C@@H](Cc2ccc(C(C)(C)C)cc2)O1. The summed E-state index contributed by atoms with van der Waals surface area (Å²) in [7, 11) is 0. The first kappa shape index (κ1) is 13.6. The molecule has 0 bridgehead atoms. The van der Waals surface area contributed by atoms with Crippen molar-refractivity contribution in [1.29, 1.82) is 0 Å². The fraction of sp³-hybridized carbons (Fsp3) is 0.647. The summed E-state index contributed by atoms with van der Waals surface area (Å²) in [4.78, 5) is 0. The molecule has 2 rings (SSSR count). The largest absolute Gasteiger partial charge is 0.375 e. The van der Waals surface area contributed by atoms with E-state index in [-0.39, 0.29) is 5.41 Å². The molecule has 0 N–H and O–H groups in total. The molecule has 1 fully saturated rings.